The molecular weight excluding hydrogens is 233 g/mol. The molecule has 0 saturated carbocycles. The van der Waals surface area contributed by atoms with E-state index in [1.54, 1.807) is 19.3 Å². The Labute approximate surface area is 98.0 Å². The molecule has 0 fully saturated rings. The largest absolute Gasteiger partial charge is 0.492 e. The van der Waals surface area contributed by atoms with E-state index in [1.807, 2.05) is 0 Å². The number of ether oxygens (including phenoxy) is 1. The number of nitrogens with one attached hydrogen (secondary N) is 1. The van der Waals surface area contributed by atoms with Gasteiger partial charge >= 0.3 is 6.18 Å². The minimum Gasteiger partial charge on any atom is -0.492 e. The molecule has 17 heavy (non-hydrogen) atoms. The van der Waals surface area contributed by atoms with Crippen LogP contribution >= 0.6 is 0 Å². The SMILES string of the molecule is CNCc1ccncc1OCCCC(F)(F)F. The standard InChI is InChI=1S/C11H15F3N2O/c1-15-7-9-3-5-16-8-10(9)17-6-2-4-11(12,13)14/h3,5,8,15H,2,4,6-7H2,1H3. The lowest BCUT2D eigenvalue weighted by molar-refractivity contribution is -0.136. The highest BCUT2D eigenvalue weighted by molar-refractivity contribution is 5.29. The van der Waals surface area contributed by atoms with Gasteiger partial charge in [-0.15, -0.1) is 0 Å². The summed E-state index contributed by atoms with van der Waals surface area (Å²) < 4.78 is 41.0. The van der Waals surface area contributed by atoms with Crippen LogP contribution in [0, 0.1) is 0 Å². The molecule has 0 aliphatic heterocycles. The van der Waals surface area contributed by atoms with Gasteiger partial charge in [0.05, 0.1) is 12.8 Å². The summed E-state index contributed by atoms with van der Waals surface area (Å²) in [7, 11) is 1.79. The third-order valence-corrected chi connectivity index (χ3v) is 2.10. The molecule has 6 heteroatoms. The smallest absolute Gasteiger partial charge is 0.389 e. The summed E-state index contributed by atoms with van der Waals surface area (Å²) in [6.07, 6.45) is -1.85. The molecular formula is C11H15F3N2O. The number of halogens is 3. The van der Waals surface area contributed by atoms with Gasteiger partial charge in [0.25, 0.3) is 0 Å². The minimum atomic E-state index is -4.12. The molecule has 1 aromatic rings. The zero-order chi connectivity index (χ0) is 12.7. The van der Waals surface area contributed by atoms with Crippen LogP contribution in [0.3, 0.4) is 0 Å². The van der Waals surface area contributed by atoms with Crippen molar-refractivity contribution in [1.29, 1.82) is 0 Å². The summed E-state index contributed by atoms with van der Waals surface area (Å²) in [5.74, 6) is 0.532. The van der Waals surface area contributed by atoms with Gasteiger partial charge < -0.3 is 10.1 Å². The molecule has 0 aliphatic carbocycles. The quantitative estimate of drug-likeness (QED) is 0.785. The molecule has 0 aliphatic rings. The monoisotopic (exact) mass is 248 g/mol. The lowest BCUT2D eigenvalue weighted by Crippen LogP contribution is -2.11. The maximum atomic E-state index is 11.9. The van der Waals surface area contributed by atoms with Crippen LogP contribution in [-0.4, -0.2) is 24.8 Å². The summed E-state index contributed by atoms with van der Waals surface area (Å²) in [5.41, 5.74) is 0.884. The van der Waals surface area contributed by atoms with E-state index in [0.29, 0.717) is 12.3 Å². The molecule has 0 bridgehead atoms. The van der Waals surface area contributed by atoms with Gasteiger partial charge in [-0.2, -0.15) is 13.2 Å². The summed E-state index contributed by atoms with van der Waals surface area (Å²) >= 11 is 0. The van der Waals surface area contributed by atoms with Crippen LogP contribution in [0.2, 0.25) is 0 Å². The first-order valence-corrected chi connectivity index (χ1v) is 5.30. The normalized spacial score (nSPS) is 11.5. The Bertz CT molecular complexity index is 342. The van der Waals surface area contributed by atoms with E-state index >= 15 is 0 Å². The lowest BCUT2D eigenvalue weighted by atomic mass is 10.2. The zero-order valence-corrected chi connectivity index (χ0v) is 9.55. The zero-order valence-electron chi connectivity index (χ0n) is 9.55. The van der Waals surface area contributed by atoms with E-state index in [2.05, 4.69) is 10.3 Å². The fourth-order valence-electron chi connectivity index (χ4n) is 1.33. The van der Waals surface area contributed by atoms with E-state index < -0.39 is 12.6 Å². The van der Waals surface area contributed by atoms with Crippen LogP contribution < -0.4 is 10.1 Å². The van der Waals surface area contributed by atoms with Crippen molar-refractivity contribution in [3.8, 4) is 5.75 Å². The highest BCUT2D eigenvalue weighted by atomic mass is 19.4. The summed E-state index contributed by atoms with van der Waals surface area (Å²) in [6.45, 7) is 0.638. The van der Waals surface area contributed by atoms with Crippen molar-refractivity contribution < 1.29 is 17.9 Å². The third kappa shape index (κ3) is 5.53. The average Bonchev–Trinajstić information content (AvgIpc) is 2.25. The lowest BCUT2D eigenvalue weighted by Gasteiger charge is -2.11. The molecule has 1 heterocycles. The Morgan fingerprint density at radius 3 is 2.82 bits per heavy atom. The van der Waals surface area contributed by atoms with Crippen LogP contribution in [0.15, 0.2) is 18.5 Å². The Morgan fingerprint density at radius 2 is 2.18 bits per heavy atom. The van der Waals surface area contributed by atoms with Gasteiger partial charge in [-0.1, -0.05) is 0 Å². The molecule has 1 aromatic heterocycles. The number of aromatic nitrogens is 1. The first-order valence-electron chi connectivity index (χ1n) is 5.30. The van der Waals surface area contributed by atoms with E-state index in [9.17, 15) is 13.2 Å². The maximum absolute atomic E-state index is 11.9. The van der Waals surface area contributed by atoms with E-state index in [1.165, 1.54) is 6.20 Å². The van der Waals surface area contributed by atoms with Crippen molar-refractivity contribution in [3.63, 3.8) is 0 Å². The predicted octanol–water partition coefficient (Wildman–Crippen LogP) is 2.52. The molecule has 3 nitrogen and oxygen atoms in total. The number of alkyl halides is 3. The van der Waals surface area contributed by atoms with Crippen LogP contribution in [0.4, 0.5) is 13.2 Å². The van der Waals surface area contributed by atoms with Crippen LogP contribution in [0.1, 0.15) is 18.4 Å². The topological polar surface area (TPSA) is 34.2 Å². The number of pyridine rings is 1. The molecule has 1 rings (SSSR count). The first kappa shape index (κ1) is 13.8. The molecule has 1 N–H and O–H groups in total. The minimum absolute atomic E-state index is 0.0436. The van der Waals surface area contributed by atoms with Crippen molar-refractivity contribution in [2.45, 2.75) is 25.6 Å². The highest BCUT2D eigenvalue weighted by Crippen LogP contribution is 2.22. The molecule has 0 aromatic carbocycles. The van der Waals surface area contributed by atoms with E-state index in [-0.39, 0.29) is 13.0 Å². The number of hydrogen-bond acceptors (Lipinski definition) is 3. The maximum Gasteiger partial charge on any atom is 0.389 e. The number of nitrogens with zero attached hydrogens (tertiary/aromatic N) is 1. The fourth-order valence-corrected chi connectivity index (χ4v) is 1.33. The number of rotatable bonds is 6. The average molecular weight is 248 g/mol. The van der Waals surface area contributed by atoms with Crippen molar-refractivity contribution >= 4 is 0 Å². The number of hydrogen-bond donors (Lipinski definition) is 1. The Hall–Kier alpha value is -1.30. The van der Waals surface area contributed by atoms with Crippen LogP contribution in [0.25, 0.3) is 0 Å². The van der Waals surface area contributed by atoms with Crippen LogP contribution in [-0.2, 0) is 6.54 Å². The Morgan fingerprint density at radius 1 is 1.41 bits per heavy atom. The third-order valence-electron chi connectivity index (χ3n) is 2.10. The van der Waals surface area contributed by atoms with Crippen LogP contribution in [0.5, 0.6) is 5.75 Å². The van der Waals surface area contributed by atoms with Gasteiger partial charge in [0, 0.05) is 24.7 Å². The first-order chi connectivity index (χ1) is 8.03. The summed E-state index contributed by atoms with van der Waals surface area (Å²) in [5, 5.41) is 2.95. The molecule has 0 atom stereocenters. The second-order valence-electron chi connectivity index (χ2n) is 3.58. The molecule has 0 amide bonds. The predicted molar refractivity (Wildman–Crippen MR) is 57.8 cm³/mol. The van der Waals surface area contributed by atoms with E-state index in [4.69, 9.17) is 4.74 Å². The highest BCUT2D eigenvalue weighted by Gasteiger charge is 2.26. The van der Waals surface area contributed by atoms with Crippen molar-refractivity contribution in [3.05, 3.63) is 24.0 Å². The second kappa shape index (κ2) is 6.44. The van der Waals surface area contributed by atoms with Gasteiger partial charge in [0.1, 0.15) is 5.75 Å². The molecule has 96 valence electrons. The molecule has 0 saturated heterocycles. The summed E-state index contributed by atoms with van der Waals surface area (Å²) in [4.78, 5) is 3.88. The Balaban J connectivity index is 2.41. The van der Waals surface area contributed by atoms with Crippen molar-refractivity contribution in [1.82, 2.24) is 10.3 Å². The van der Waals surface area contributed by atoms with Gasteiger partial charge in [0.15, 0.2) is 0 Å². The molecule has 0 unspecified atom stereocenters. The second-order valence-corrected chi connectivity index (χ2v) is 3.58. The van der Waals surface area contributed by atoms with Gasteiger partial charge in [-0.25, -0.2) is 0 Å². The van der Waals surface area contributed by atoms with E-state index in [0.717, 1.165) is 5.56 Å². The molecule has 0 radical (unpaired) electrons. The molecule has 0 spiro atoms. The fraction of sp³-hybridized carbons (Fsp3) is 0.545. The van der Waals surface area contributed by atoms with Crippen molar-refractivity contribution in [2.24, 2.45) is 0 Å². The van der Waals surface area contributed by atoms with Gasteiger partial charge in [-0.05, 0) is 19.5 Å². The van der Waals surface area contributed by atoms with Gasteiger partial charge in [0.2, 0.25) is 0 Å². The van der Waals surface area contributed by atoms with Gasteiger partial charge in [-0.3, -0.25) is 4.98 Å². The summed E-state index contributed by atoms with van der Waals surface area (Å²) in [6, 6.07) is 1.77. The van der Waals surface area contributed by atoms with Crippen molar-refractivity contribution in [2.75, 3.05) is 13.7 Å². The Kier molecular flexibility index (Phi) is 5.21.